The standard InChI is InChI=1S/C16H13ClFNO2S/c1-21-12-5-2-10(3-6-12)16-19(15(20)9-22-16)11-4-7-13(17)14(18)8-11/h2-8,16H,9H2,1H3. The number of thioether (sulfide) groups is 1. The maximum Gasteiger partial charge on any atom is 0.238 e. The maximum absolute atomic E-state index is 13.7. The molecular weight excluding hydrogens is 325 g/mol. The molecule has 1 atom stereocenters. The van der Waals surface area contributed by atoms with Crippen LogP contribution >= 0.6 is 23.4 Å². The number of amides is 1. The van der Waals surface area contributed by atoms with Gasteiger partial charge in [-0.25, -0.2) is 4.39 Å². The summed E-state index contributed by atoms with van der Waals surface area (Å²) in [7, 11) is 1.60. The highest BCUT2D eigenvalue weighted by Crippen LogP contribution is 2.42. The Balaban J connectivity index is 1.96. The van der Waals surface area contributed by atoms with E-state index in [1.54, 1.807) is 18.1 Å². The van der Waals surface area contributed by atoms with Crippen LogP contribution in [0.25, 0.3) is 0 Å². The molecule has 2 aromatic carbocycles. The Labute approximate surface area is 137 Å². The van der Waals surface area contributed by atoms with Crippen molar-refractivity contribution in [3.8, 4) is 5.75 Å². The number of hydrogen-bond acceptors (Lipinski definition) is 3. The smallest absolute Gasteiger partial charge is 0.238 e. The number of anilines is 1. The summed E-state index contributed by atoms with van der Waals surface area (Å²) in [5, 5.41) is -0.136. The molecule has 3 rings (SSSR count). The third kappa shape index (κ3) is 2.78. The Morgan fingerprint density at radius 3 is 2.64 bits per heavy atom. The van der Waals surface area contributed by atoms with E-state index in [2.05, 4.69) is 0 Å². The highest BCUT2D eigenvalue weighted by molar-refractivity contribution is 8.00. The van der Waals surface area contributed by atoms with Gasteiger partial charge in [-0.15, -0.1) is 11.8 Å². The first-order valence-electron chi connectivity index (χ1n) is 6.63. The Bertz CT molecular complexity index is 708. The van der Waals surface area contributed by atoms with Gasteiger partial charge in [0, 0.05) is 5.69 Å². The Morgan fingerprint density at radius 1 is 1.27 bits per heavy atom. The van der Waals surface area contributed by atoms with Gasteiger partial charge in [0.05, 0.1) is 17.9 Å². The van der Waals surface area contributed by atoms with Gasteiger partial charge >= 0.3 is 0 Å². The predicted molar refractivity (Wildman–Crippen MR) is 87.1 cm³/mol. The van der Waals surface area contributed by atoms with Crippen LogP contribution < -0.4 is 9.64 Å². The molecule has 1 fully saturated rings. The van der Waals surface area contributed by atoms with Crippen molar-refractivity contribution in [3.05, 3.63) is 58.9 Å². The van der Waals surface area contributed by atoms with E-state index in [0.29, 0.717) is 11.4 Å². The summed E-state index contributed by atoms with van der Waals surface area (Å²) in [6.45, 7) is 0. The van der Waals surface area contributed by atoms with Gasteiger partial charge in [0.25, 0.3) is 0 Å². The molecule has 0 bridgehead atoms. The zero-order chi connectivity index (χ0) is 15.7. The predicted octanol–water partition coefficient (Wildman–Crippen LogP) is 4.27. The molecule has 0 N–H and O–H groups in total. The number of carbonyl (C=O) groups is 1. The second-order valence-corrected chi connectivity index (χ2v) is 6.27. The third-order valence-electron chi connectivity index (χ3n) is 3.45. The summed E-state index contributed by atoms with van der Waals surface area (Å²) in [4.78, 5) is 13.8. The monoisotopic (exact) mass is 337 g/mol. The van der Waals surface area contributed by atoms with Gasteiger partial charge in [0.15, 0.2) is 0 Å². The van der Waals surface area contributed by atoms with Gasteiger partial charge < -0.3 is 4.74 Å². The zero-order valence-corrected chi connectivity index (χ0v) is 13.3. The minimum atomic E-state index is -0.530. The normalized spacial score (nSPS) is 17.9. The first-order chi connectivity index (χ1) is 10.6. The van der Waals surface area contributed by atoms with Crippen molar-refractivity contribution in [1.82, 2.24) is 0 Å². The molecule has 1 aliphatic rings. The number of carbonyl (C=O) groups excluding carboxylic acids is 1. The Hall–Kier alpha value is -1.72. The molecule has 1 saturated heterocycles. The van der Waals surface area contributed by atoms with Gasteiger partial charge in [-0.3, -0.25) is 9.69 Å². The van der Waals surface area contributed by atoms with Gasteiger partial charge in [-0.1, -0.05) is 23.7 Å². The number of ether oxygens (including phenoxy) is 1. The van der Waals surface area contributed by atoms with Crippen molar-refractivity contribution in [3.63, 3.8) is 0 Å². The van der Waals surface area contributed by atoms with E-state index >= 15 is 0 Å². The highest BCUT2D eigenvalue weighted by atomic mass is 35.5. The molecule has 1 amide bonds. The third-order valence-corrected chi connectivity index (χ3v) is 4.97. The molecule has 1 aliphatic heterocycles. The van der Waals surface area contributed by atoms with Crippen LogP contribution in [0.1, 0.15) is 10.9 Å². The molecule has 0 radical (unpaired) electrons. The van der Waals surface area contributed by atoms with Crippen LogP contribution in [0, 0.1) is 5.82 Å². The zero-order valence-electron chi connectivity index (χ0n) is 11.8. The van der Waals surface area contributed by atoms with Crippen molar-refractivity contribution >= 4 is 35.0 Å². The molecule has 22 heavy (non-hydrogen) atoms. The van der Waals surface area contributed by atoms with E-state index in [4.69, 9.17) is 16.3 Å². The first kappa shape index (κ1) is 15.2. The van der Waals surface area contributed by atoms with E-state index < -0.39 is 5.82 Å². The van der Waals surface area contributed by atoms with E-state index in [0.717, 1.165) is 11.3 Å². The molecular formula is C16H13ClFNO2S. The fourth-order valence-electron chi connectivity index (χ4n) is 2.35. The van der Waals surface area contributed by atoms with Crippen LogP contribution in [-0.2, 0) is 4.79 Å². The molecule has 0 aliphatic carbocycles. The summed E-state index contributed by atoms with van der Waals surface area (Å²) in [5.41, 5.74) is 1.48. The summed E-state index contributed by atoms with van der Waals surface area (Å²) >= 11 is 7.22. The molecule has 3 nitrogen and oxygen atoms in total. The lowest BCUT2D eigenvalue weighted by Crippen LogP contribution is -2.27. The van der Waals surface area contributed by atoms with Crippen molar-refractivity contribution in [2.75, 3.05) is 17.8 Å². The molecule has 114 valence electrons. The molecule has 1 unspecified atom stereocenters. The second kappa shape index (κ2) is 6.18. The minimum absolute atomic E-state index is 0.0454. The first-order valence-corrected chi connectivity index (χ1v) is 8.05. The van der Waals surface area contributed by atoms with E-state index in [1.165, 1.54) is 23.9 Å². The number of methoxy groups -OCH3 is 1. The topological polar surface area (TPSA) is 29.5 Å². The summed E-state index contributed by atoms with van der Waals surface area (Å²) in [6.07, 6.45) is 0. The average Bonchev–Trinajstić information content (AvgIpc) is 2.92. The molecule has 0 aromatic heterocycles. The molecule has 1 heterocycles. The Morgan fingerprint density at radius 2 is 2.00 bits per heavy atom. The minimum Gasteiger partial charge on any atom is -0.497 e. The van der Waals surface area contributed by atoms with Crippen LogP contribution in [0.3, 0.4) is 0 Å². The van der Waals surface area contributed by atoms with Crippen molar-refractivity contribution < 1.29 is 13.9 Å². The van der Waals surface area contributed by atoms with Crippen molar-refractivity contribution in [2.45, 2.75) is 5.37 Å². The number of hydrogen-bond donors (Lipinski definition) is 0. The van der Waals surface area contributed by atoms with Crippen LogP contribution in [0.4, 0.5) is 10.1 Å². The molecule has 2 aromatic rings. The highest BCUT2D eigenvalue weighted by Gasteiger charge is 2.34. The summed E-state index contributed by atoms with van der Waals surface area (Å²) in [5.74, 6) is 0.535. The van der Waals surface area contributed by atoms with Crippen LogP contribution in [0.5, 0.6) is 5.75 Å². The lowest BCUT2D eigenvalue weighted by Gasteiger charge is -2.24. The lowest BCUT2D eigenvalue weighted by molar-refractivity contribution is -0.115. The van der Waals surface area contributed by atoms with Gasteiger partial charge in [-0.05, 0) is 35.9 Å². The van der Waals surface area contributed by atoms with Crippen molar-refractivity contribution in [1.29, 1.82) is 0 Å². The lowest BCUT2D eigenvalue weighted by atomic mass is 10.1. The van der Waals surface area contributed by atoms with Gasteiger partial charge in [0.2, 0.25) is 5.91 Å². The van der Waals surface area contributed by atoms with Gasteiger partial charge in [0.1, 0.15) is 16.9 Å². The van der Waals surface area contributed by atoms with Crippen LogP contribution in [0.2, 0.25) is 5.02 Å². The largest absolute Gasteiger partial charge is 0.497 e. The molecule has 0 spiro atoms. The molecule has 6 heteroatoms. The number of rotatable bonds is 3. The molecule has 0 saturated carbocycles. The average molecular weight is 338 g/mol. The summed E-state index contributed by atoms with van der Waals surface area (Å²) < 4.78 is 18.8. The second-order valence-electron chi connectivity index (χ2n) is 4.80. The van der Waals surface area contributed by atoms with E-state index in [1.807, 2.05) is 24.3 Å². The Kier molecular flexibility index (Phi) is 4.27. The summed E-state index contributed by atoms with van der Waals surface area (Å²) in [6, 6.07) is 11.9. The SMILES string of the molecule is COc1ccc(C2SCC(=O)N2c2ccc(Cl)c(F)c2)cc1. The van der Waals surface area contributed by atoms with Crippen LogP contribution in [-0.4, -0.2) is 18.8 Å². The maximum atomic E-state index is 13.7. The van der Waals surface area contributed by atoms with E-state index in [9.17, 15) is 9.18 Å². The van der Waals surface area contributed by atoms with E-state index in [-0.39, 0.29) is 16.3 Å². The number of benzene rings is 2. The quantitative estimate of drug-likeness (QED) is 0.837. The number of halogens is 2. The van der Waals surface area contributed by atoms with Crippen LogP contribution in [0.15, 0.2) is 42.5 Å². The van der Waals surface area contributed by atoms with Crippen molar-refractivity contribution in [2.24, 2.45) is 0 Å². The fraction of sp³-hybridized carbons (Fsp3) is 0.188. The van der Waals surface area contributed by atoms with Gasteiger partial charge in [-0.2, -0.15) is 0 Å². The number of nitrogens with zero attached hydrogens (tertiary/aromatic N) is 1. The fourth-order valence-corrected chi connectivity index (χ4v) is 3.65.